The first-order valence-electron chi connectivity index (χ1n) is 6.25. The van der Waals surface area contributed by atoms with E-state index in [0.29, 0.717) is 21.3 Å². The molecule has 0 aliphatic carbocycles. The summed E-state index contributed by atoms with van der Waals surface area (Å²) in [4.78, 5) is 12.2. The molecule has 2 aromatic rings. The number of phenolic OH excluding ortho intramolecular Hbond substituents is 1. The van der Waals surface area contributed by atoms with E-state index in [9.17, 15) is 9.90 Å². The van der Waals surface area contributed by atoms with Gasteiger partial charge >= 0.3 is 0 Å². The zero-order chi connectivity index (χ0) is 16.3. The van der Waals surface area contributed by atoms with E-state index in [4.69, 9.17) is 27.9 Å². The highest BCUT2D eigenvalue weighted by atomic mass is 35.5. The van der Waals surface area contributed by atoms with E-state index >= 15 is 0 Å². The van der Waals surface area contributed by atoms with Gasteiger partial charge in [-0.05, 0) is 35.9 Å². The van der Waals surface area contributed by atoms with Crippen LogP contribution in [0.1, 0.15) is 5.56 Å². The maximum absolute atomic E-state index is 12.2. The second kappa shape index (κ2) is 6.73. The number of rotatable bonds is 4. The Morgan fingerprint density at radius 1 is 1.18 bits per heavy atom. The lowest BCUT2D eigenvalue weighted by Gasteiger charge is -2.10. The van der Waals surface area contributed by atoms with Crippen LogP contribution < -0.4 is 10.1 Å². The molecule has 0 atom stereocenters. The normalized spacial score (nSPS) is 10.1. The van der Waals surface area contributed by atoms with Crippen molar-refractivity contribution in [3.8, 4) is 11.5 Å². The van der Waals surface area contributed by atoms with E-state index in [1.807, 2.05) is 0 Å². The first-order valence-corrected chi connectivity index (χ1v) is 7.00. The van der Waals surface area contributed by atoms with Gasteiger partial charge in [-0.1, -0.05) is 35.8 Å². The number of methoxy groups -OCH3 is 1. The van der Waals surface area contributed by atoms with Crippen molar-refractivity contribution >= 4 is 40.4 Å². The number of nitrogens with one attached hydrogen (secondary N) is 1. The van der Waals surface area contributed by atoms with Gasteiger partial charge in [0.2, 0.25) is 0 Å². The van der Waals surface area contributed by atoms with Crippen molar-refractivity contribution in [2.75, 3.05) is 12.4 Å². The molecule has 22 heavy (non-hydrogen) atoms. The molecule has 4 nitrogen and oxygen atoms in total. The van der Waals surface area contributed by atoms with Crippen LogP contribution in [0, 0.1) is 0 Å². The monoisotopic (exact) mass is 337 g/mol. The Balaban J connectivity index is 2.18. The first kappa shape index (κ1) is 16.2. The zero-order valence-electron chi connectivity index (χ0n) is 11.7. The number of benzene rings is 2. The van der Waals surface area contributed by atoms with Gasteiger partial charge in [0, 0.05) is 11.3 Å². The summed E-state index contributed by atoms with van der Waals surface area (Å²) in [5, 5.41) is 13.0. The Morgan fingerprint density at radius 3 is 2.55 bits per heavy atom. The van der Waals surface area contributed by atoms with Gasteiger partial charge in [-0.3, -0.25) is 4.79 Å². The standard InChI is InChI=1S/C16H13Cl2NO3/c1-9(10-3-6-14(20)15(7-10)22-2)16(21)19-11-4-5-12(17)13(18)8-11/h3-8,20H,1H2,2H3,(H,19,21). The number of amides is 1. The summed E-state index contributed by atoms with van der Waals surface area (Å²) in [6.45, 7) is 3.76. The molecular formula is C16H13Cl2NO3. The Kier molecular flexibility index (Phi) is 4.96. The molecule has 0 unspecified atom stereocenters. The predicted molar refractivity (Wildman–Crippen MR) is 88.8 cm³/mol. The Hall–Kier alpha value is -2.17. The Morgan fingerprint density at radius 2 is 1.91 bits per heavy atom. The topological polar surface area (TPSA) is 58.6 Å². The Labute approximate surface area is 137 Å². The minimum Gasteiger partial charge on any atom is -0.504 e. The molecule has 0 spiro atoms. The molecule has 0 aliphatic heterocycles. The van der Waals surface area contributed by atoms with Gasteiger partial charge in [0.25, 0.3) is 5.91 Å². The van der Waals surface area contributed by atoms with Gasteiger partial charge in [-0.2, -0.15) is 0 Å². The number of phenols is 1. The van der Waals surface area contributed by atoms with Crippen molar-refractivity contribution in [2.45, 2.75) is 0 Å². The molecule has 0 bridgehead atoms. The average Bonchev–Trinajstić information content (AvgIpc) is 2.50. The van der Waals surface area contributed by atoms with Crippen LogP contribution in [-0.4, -0.2) is 18.1 Å². The number of hydrogen-bond donors (Lipinski definition) is 2. The summed E-state index contributed by atoms with van der Waals surface area (Å²) >= 11 is 11.7. The molecule has 0 fully saturated rings. The fraction of sp³-hybridized carbons (Fsp3) is 0.0625. The number of ether oxygens (including phenoxy) is 1. The van der Waals surface area contributed by atoms with Crippen molar-refractivity contribution in [2.24, 2.45) is 0 Å². The highest BCUT2D eigenvalue weighted by molar-refractivity contribution is 6.42. The van der Waals surface area contributed by atoms with Gasteiger partial charge in [0.05, 0.1) is 17.2 Å². The van der Waals surface area contributed by atoms with E-state index in [-0.39, 0.29) is 17.1 Å². The SMILES string of the molecule is C=C(C(=O)Nc1ccc(Cl)c(Cl)c1)c1ccc(O)c(OC)c1. The highest BCUT2D eigenvalue weighted by Gasteiger charge is 2.13. The molecule has 0 saturated heterocycles. The van der Waals surface area contributed by atoms with Crippen LogP contribution in [0.15, 0.2) is 43.0 Å². The van der Waals surface area contributed by atoms with Crippen LogP contribution in [0.5, 0.6) is 11.5 Å². The van der Waals surface area contributed by atoms with Gasteiger partial charge in [0.15, 0.2) is 11.5 Å². The third-order valence-corrected chi connectivity index (χ3v) is 3.72. The first-order chi connectivity index (χ1) is 10.4. The molecule has 6 heteroatoms. The summed E-state index contributed by atoms with van der Waals surface area (Å²) in [5.74, 6) is -0.143. The van der Waals surface area contributed by atoms with Crippen LogP contribution in [0.25, 0.3) is 5.57 Å². The summed E-state index contributed by atoms with van der Waals surface area (Å²) < 4.78 is 5.01. The summed E-state index contributed by atoms with van der Waals surface area (Å²) in [5.41, 5.74) is 1.27. The van der Waals surface area contributed by atoms with Gasteiger partial charge < -0.3 is 15.2 Å². The molecule has 1 amide bonds. The molecule has 0 radical (unpaired) electrons. The van der Waals surface area contributed by atoms with Crippen molar-refractivity contribution in [1.82, 2.24) is 0 Å². The molecule has 2 aromatic carbocycles. The molecule has 0 aliphatic rings. The van der Waals surface area contributed by atoms with Crippen molar-refractivity contribution < 1.29 is 14.6 Å². The van der Waals surface area contributed by atoms with Crippen LogP contribution >= 0.6 is 23.2 Å². The summed E-state index contributed by atoms with van der Waals surface area (Å²) in [7, 11) is 1.43. The van der Waals surface area contributed by atoms with Crippen molar-refractivity contribution in [3.63, 3.8) is 0 Å². The lowest BCUT2D eigenvalue weighted by molar-refractivity contribution is -0.111. The van der Waals surface area contributed by atoms with Crippen molar-refractivity contribution in [3.05, 3.63) is 58.6 Å². The molecule has 0 aromatic heterocycles. The highest BCUT2D eigenvalue weighted by Crippen LogP contribution is 2.30. The van der Waals surface area contributed by atoms with E-state index < -0.39 is 5.91 Å². The fourth-order valence-electron chi connectivity index (χ4n) is 1.78. The van der Waals surface area contributed by atoms with Crippen LogP contribution in [0.3, 0.4) is 0 Å². The van der Waals surface area contributed by atoms with Crippen LogP contribution in [-0.2, 0) is 4.79 Å². The average molecular weight is 338 g/mol. The molecule has 0 saturated carbocycles. The third-order valence-electron chi connectivity index (χ3n) is 2.98. The fourth-order valence-corrected chi connectivity index (χ4v) is 2.07. The van der Waals surface area contributed by atoms with E-state index in [2.05, 4.69) is 11.9 Å². The maximum atomic E-state index is 12.2. The van der Waals surface area contributed by atoms with E-state index in [0.717, 1.165) is 0 Å². The molecular weight excluding hydrogens is 325 g/mol. The molecule has 2 N–H and O–H groups in total. The smallest absolute Gasteiger partial charge is 0.255 e. The predicted octanol–water partition coefficient (Wildman–Crippen LogP) is 4.36. The van der Waals surface area contributed by atoms with Gasteiger partial charge in [-0.15, -0.1) is 0 Å². The lowest BCUT2D eigenvalue weighted by Crippen LogP contribution is -2.13. The van der Waals surface area contributed by atoms with Crippen LogP contribution in [0.2, 0.25) is 10.0 Å². The molecule has 114 valence electrons. The number of carbonyl (C=O) groups excluding carboxylic acids is 1. The second-order valence-electron chi connectivity index (χ2n) is 4.45. The van der Waals surface area contributed by atoms with E-state index in [1.54, 1.807) is 24.3 Å². The van der Waals surface area contributed by atoms with Gasteiger partial charge in [-0.25, -0.2) is 0 Å². The summed E-state index contributed by atoms with van der Waals surface area (Å²) in [6.07, 6.45) is 0. The van der Waals surface area contributed by atoms with Gasteiger partial charge in [0.1, 0.15) is 0 Å². The lowest BCUT2D eigenvalue weighted by atomic mass is 10.1. The number of aromatic hydroxyl groups is 1. The van der Waals surface area contributed by atoms with E-state index in [1.165, 1.54) is 19.2 Å². The zero-order valence-corrected chi connectivity index (χ0v) is 13.2. The second-order valence-corrected chi connectivity index (χ2v) is 5.26. The number of carbonyl (C=O) groups is 1. The minimum absolute atomic E-state index is 0.0102. The van der Waals surface area contributed by atoms with Crippen molar-refractivity contribution in [1.29, 1.82) is 0 Å². The summed E-state index contributed by atoms with van der Waals surface area (Å²) in [6, 6.07) is 9.32. The largest absolute Gasteiger partial charge is 0.504 e. The van der Waals surface area contributed by atoms with Crippen LogP contribution in [0.4, 0.5) is 5.69 Å². The molecule has 0 heterocycles. The maximum Gasteiger partial charge on any atom is 0.255 e. The number of halogens is 2. The number of hydrogen-bond acceptors (Lipinski definition) is 3. The number of anilines is 1. The quantitative estimate of drug-likeness (QED) is 0.815. The minimum atomic E-state index is -0.397. The Bertz CT molecular complexity index is 744. The molecule has 2 rings (SSSR count). The third kappa shape index (κ3) is 3.53.